The van der Waals surface area contributed by atoms with Crippen molar-refractivity contribution in [1.82, 2.24) is 9.84 Å². The molecule has 1 aliphatic heterocycles. The lowest BCUT2D eigenvalue weighted by molar-refractivity contribution is 0.295. The number of rotatable bonds is 1. The molecule has 50 valence electrons. The quantitative estimate of drug-likeness (QED) is 0.528. The smallest absolute Gasteiger partial charge is 0.137 e. The van der Waals surface area contributed by atoms with Crippen LogP contribution in [0, 0.1) is 0 Å². The molecule has 1 N–H and O–H groups in total. The van der Waals surface area contributed by atoms with Crippen LogP contribution in [0.5, 0.6) is 0 Å². The highest BCUT2D eigenvalue weighted by molar-refractivity contribution is 7.77. The molecule has 0 amide bonds. The first-order chi connectivity index (χ1) is 4.33. The topological polar surface area (TPSA) is 24.5 Å². The van der Waals surface area contributed by atoms with E-state index in [1.54, 1.807) is 19.5 Å². The summed E-state index contributed by atoms with van der Waals surface area (Å²) in [5.74, 6) is 0.792. The summed E-state index contributed by atoms with van der Waals surface area (Å²) in [5, 5.41) is 0. The number of ether oxygens (including phenoxy) is 1. The van der Waals surface area contributed by atoms with Crippen molar-refractivity contribution in [2.24, 2.45) is 0 Å². The van der Waals surface area contributed by atoms with Gasteiger partial charge in [-0.05, 0) is 12.8 Å². The van der Waals surface area contributed by atoms with E-state index in [-0.39, 0.29) is 0 Å². The second-order valence-electron chi connectivity index (χ2n) is 1.54. The lowest BCUT2D eigenvalue weighted by Gasteiger charge is -2.16. The summed E-state index contributed by atoms with van der Waals surface area (Å²) in [6.45, 7) is 0. The zero-order valence-corrected chi connectivity index (χ0v) is 5.93. The first-order valence-corrected chi connectivity index (χ1v) is 2.89. The van der Waals surface area contributed by atoms with E-state index >= 15 is 0 Å². The van der Waals surface area contributed by atoms with Gasteiger partial charge in [-0.1, -0.05) is 0 Å². The highest BCUT2D eigenvalue weighted by Crippen LogP contribution is 2.03. The molecule has 1 heterocycles. The molecule has 1 aliphatic rings. The number of hydrazine groups is 1. The Bertz CT molecular complexity index is 155. The summed E-state index contributed by atoms with van der Waals surface area (Å²) in [7, 11) is 1.62. The zero-order valence-electron chi connectivity index (χ0n) is 5.03. The van der Waals surface area contributed by atoms with Crippen LogP contribution in [-0.2, 0) is 4.74 Å². The Morgan fingerprint density at radius 2 is 2.56 bits per heavy atom. The first-order valence-electron chi connectivity index (χ1n) is 2.49. The Kier molecular flexibility index (Phi) is 1.89. The van der Waals surface area contributed by atoms with Gasteiger partial charge in [0, 0.05) is 12.3 Å². The molecule has 0 spiro atoms. The minimum Gasteiger partial charge on any atom is -0.495 e. The molecule has 0 radical (unpaired) electrons. The maximum Gasteiger partial charge on any atom is 0.137 e. The largest absolute Gasteiger partial charge is 0.495 e. The third kappa shape index (κ3) is 1.57. The first kappa shape index (κ1) is 6.35. The van der Waals surface area contributed by atoms with Gasteiger partial charge in [-0.15, -0.1) is 0 Å². The van der Waals surface area contributed by atoms with Crippen molar-refractivity contribution in [2.45, 2.75) is 0 Å². The lowest BCUT2D eigenvalue weighted by atomic mass is 10.5. The van der Waals surface area contributed by atoms with Crippen LogP contribution < -0.4 is 5.43 Å². The fraction of sp³-hybridized carbons (Fsp3) is 0.200. The molecule has 0 saturated heterocycles. The average molecular weight is 144 g/mol. The fourth-order valence-electron chi connectivity index (χ4n) is 0.492. The molecule has 0 bridgehead atoms. The summed E-state index contributed by atoms with van der Waals surface area (Å²) in [4.78, 5) is 0. The third-order valence-electron chi connectivity index (χ3n) is 0.955. The minimum absolute atomic E-state index is 0.792. The van der Waals surface area contributed by atoms with E-state index in [2.05, 4.69) is 18.2 Å². The Morgan fingerprint density at radius 3 is 3.00 bits per heavy atom. The van der Waals surface area contributed by atoms with Crippen molar-refractivity contribution in [3.05, 3.63) is 24.2 Å². The molecule has 0 aromatic carbocycles. The predicted octanol–water partition coefficient (Wildman–Crippen LogP) is 0.653. The highest BCUT2D eigenvalue weighted by Gasteiger charge is 1.96. The Balaban J connectivity index is 2.52. The molecule has 0 aromatic rings. The van der Waals surface area contributed by atoms with Gasteiger partial charge in [-0.2, -0.15) is 0 Å². The lowest BCUT2D eigenvalue weighted by Crippen LogP contribution is -2.22. The molecule has 0 saturated carbocycles. The standard InChI is InChI=1S/C5H8N2OS/c1-8-5-2-3-7(9)6-4-5/h2-4,6,9H,1H3. The molecule has 0 fully saturated rings. The Labute approximate surface area is 59.5 Å². The molecular formula is C5H8N2OS. The van der Waals surface area contributed by atoms with Crippen molar-refractivity contribution in [1.29, 1.82) is 0 Å². The van der Waals surface area contributed by atoms with E-state index in [1.807, 2.05) is 6.08 Å². The minimum atomic E-state index is 0.792. The molecule has 0 atom stereocenters. The number of hydrogen-bond acceptors (Lipinski definition) is 4. The summed E-state index contributed by atoms with van der Waals surface area (Å²) in [6, 6.07) is 0. The predicted molar refractivity (Wildman–Crippen MR) is 38.2 cm³/mol. The number of allylic oxidation sites excluding steroid dienone is 1. The second-order valence-corrected chi connectivity index (χ2v) is 1.97. The SMILES string of the molecule is COC1=CNN(S)C=C1. The molecule has 4 heteroatoms. The van der Waals surface area contributed by atoms with Crippen LogP contribution in [0.3, 0.4) is 0 Å². The van der Waals surface area contributed by atoms with Gasteiger partial charge in [0.05, 0.1) is 13.3 Å². The van der Waals surface area contributed by atoms with Gasteiger partial charge in [-0.25, -0.2) is 4.41 Å². The monoisotopic (exact) mass is 144 g/mol. The summed E-state index contributed by atoms with van der Waals surface area (Å²) in [6.07, 6.45) is 5.28. The average Bonchev–Trinajstić information content (AvgIpc) is 1.90. The van der Waals surface area contributed by atoms with Crippen LogP contribution in [-0.4, -0.2) is 11.5 Å². The molecule has 1 rings (SSSR count). The van der Waals surface area contributed by atoms with E-state index in [0.717, 1.165) is 5.76 Å². The van der Waals surface area contributed by atoms with E-state index < -0.39 is 0 Å². The van der Waals surface area contributed by atoms with Crippen LogP contribution in [0.1, 0.15) is 0 Å². The maximum absolute atomic E-state index is 4.89. The van der Waals surface area contributed by atoms with Crippen molar-refractivity contribution in [2.75, 3.05) is 7.11 Å². The van der Waals surface area contributed by atoms with E-state index in [4.69, 9.17) is 4.74 Å². The molecule has 0 unspecified atom stereocenters. The maximum atomic E-state index is 4.89. The van der Waals surface area contributed by atoms with Crippen molar-refractivity contribution in [3.8, 4) is 0 Å². The second kappa shape index (κ2) is 2.68. The highest BCUT2D eigenvalue weighted by atomic mass is 32.1. The van der Waals surface area contributed by atoms with Gasteiger partial charge in [0.25, 0.3) is 0 Å². The Hall–Kier alpha value is -0.770. The van der Waals surface area contributed by atoms with Crippen LogP contribution in [0.25, 0.3) is 0 Å². The molecule has 0 aromatic heterocycles. The molecule has 0 aliphatic carbocycles. The van der Waals surface area contributed by atoms with Crippen LogP contribution in [0.4, 0.5) is 0 Å². The van der Waals surface area contributed by atoms with Crippen LogP contribution in [0.15, 0.2) is 24.2 Å². The van der Waals surface area contributed by atoms with Gasteiger partial charge in [-0.3, -0.25) is 5.43 Å². The van der Waals surface area contributed by atoms with E-state index in [9.17, 15) is 0 Å². The summed E-state index contributed by atoms with van der Waals surface area (Å²) >= 11 is 3.98. The van der Waals surface area contributed by atoms with E-state index in [1.165, 1.54) is 4.41 Å². The van der Waals surface area contributed by atoms with Gasteiger partial charge < -0.3 is 4.74 Å². The number of methoxy groups -OCH3 is 1. The molecule has 3 nitrogen and oxygen atoms in total. The molecule has 9 heavy (non-hydrogen) atoms. The molecular weight excluding hydrogens is 136 g/mol. The fourth-order valence-corrected chi connectivity index (χ4v) is 0.616. The van der Waals surface area contributed by atoms with E-state index in [0.29, 0.717) is 0 Å². The van der Waals surface area contributed by atoms with Crippen LogP contribution in [0.2, 0.25) is 0 Å². The third-order valence-corrected chi connectivity index (χ3v) is 1.20. The number of thiol groups is 1. The number of hydrogen-bond donors (Lipinski definition) is 2. The van der Waals surface area contributed by atoms with Crippen molar-refractivity contribution >= 4 is 12.8 Å². The normalized spacial score (nSPS) is 16.7. The van der Waals surface area contributed by atoms with Gasteiger partial charge in [0.2, 0.25) is 0 Å². The van der Waals surface area contributed by atoms with Gasteiger partial charge in [0.1, 0.15) is 5.76 Å². The van der Waals surface area contributed by atoms with Crippen LogP contribution >= 0.6 is 12.8 Å². The van der Waals surface area contributed by atoms with Gasteiger partial charge >= 0.3 is 0 Å². The summed E-state index contributed by atoms with van der Waals surface area (Å²) in [5.41, 5.74) is 2.81. The van der Waals surface area contributed by atoms with Crippen molar-refractivity contribution < 1.29 is 4.74 Å². The zero-order chi connectivity index (χ0) is 6.69. The number of nitrogens with one attached hydrogen (secondary N) is 1. The van der Waals surface area contributed by atoms with Crippen molar-refractivity contribution in [3.63, 3.8) is 0 Å². The van der Waals surface area contributed by atoms with Gasteiger partial charge in [0.15, 0.2) is 0 Å². The summed E-state index contributed by atoms with van der Waals surface area (Å²) < 4.78 is 6.42. The Morgan fingerprint density at radius 1 is 1.78 bits per heavy atom. The number of nitrogens with zero attached hydrogens (tertiary/aromatic N) is 1.